The fourth-order valence-corrected chi connectivity index (χ4v) is 1.96. The lowest BCUT2D eigenvalue weighted by molar-refractivity contribution is -0.136. The smallest absolute Gasteiger partial charge is 0.408 e. The van der Waals surface area contributed by atoms with Gasteiger partial charge in [-0.1, -0.05) is 6.42 Å². The summed E-state index contributed by atoms with van der Waals surface area (Å²) in [5.74, 6) is 0. The molecule has 0 aromatic heterocycles. The van der Waals surface area contributed by atoms with Crippen LogP contribution < -0.4 is 5.32 Å². The molecule has 0 aromatic carbocycles. The Balaban J connectivity index is 2.47. The average Bonchev–Trinajstić information content (AvgIpc) is 2.18. The lowest BCUT2D eigenvalue weighted by Crippen LogP contribution is -2.47. The monoisotopic (exact) mass is 243 g/mol. The van der Waals surface area contributed by atoms with Crippen LogP contribution in [0.15, 0.2) is 0 Å². The molecule has 0 aromatic rings. The summed E-state index contributed by atoms with van der Waals surface area (Å²) in [5, 5.41) is 2.77. The van der Waals surface area contributed by atoms with Gasteiger partial charge in [-0.05, 0) is 40.0 Å². The molecule has 1 aliphatic carbocycles. The summed E-state index contributed by atoms with van der Waals surface area (Å²) in [4.78, 5) is 22.0. The Morgan fingerprint density at radius 3 is 2.53 bits per heavy atom. The molecule has 1 saturated carbocycles. The minimum atomic E-state index is -0.514. The van der Waals surface area contributed by atoms with Crippen LogP contribution in [0, 0.1) is 0 Å². The number of amides is 1. The van der Waals surface area contributed by atoms with Gasteiger partial charge < -0.3 is 14.8 Å². The van der Waals surface area contributed by atoms with Gasteiger partial charge in [0.25, 0.3) is 6.47 Å². The van der Waals surface area contributed by atoms with Gasteiger partial charge in [0, 0.05) is 0 Å². The number of nitrogens with one attached hydrogen (secondary N) is 1. The maximum absolute atomic E-state index is 11.6. The van der Waals surface area contributed by atoms with Gasteiger partial charge in [-0.2, -0.15) is 0 Å². The van der Waals surface area contributed by atoms with Crippen molar-refractivity contribution in [3.63, 3.8) is 0 Å². The Bertz CT molecular complexity index is 272. The first kappa shape index (κ1) is 13.8. The van der Waals surface area contributed by atoms with Crippen molar-refractivity contribution in [2.45, 2.75) is 64.2 Å². The normalized spacial score (nSPS) is 24.9. The lowest BCUT2D eigenvalue weighted by Gasteiger charge is -2.31. The average molecular weight is 243 g/mol. The molecule has 0 heterocycles. The number of hydrogen-bond acceptors (Lipinski definition) is 4. The second kappa shape index (κ2) is 5.89. The summed E-state index contributed by atoms with van der Waals surface area (Å²) in [5.41, 5.74) is -0.514. The van der Waals surface area contributed by atoms with Gasteiger partial charge in [-0.15, -0.1) is 0 Å². The second-order valence-corrected chi connectivity index (χ2v) is 5.31. The second-order valence-electron chi connectivity index (χ2n) is 5.31. The van der Waals surface area contributed by atoms with Crippen LogP contribution in [0.2, 0.25) is 0 Å². The first-order valence-corrected chi connectivity index (χ1v) is 6.01. The van der Waals surface area contributed by atoms with Crippen LogP contribution in [0.4, 0.5) is 4.79 Å². The summed E-state index contributed by atoms with van der Waals surface area (Å²) >= 11 is 0. The number of alkyl carbamates (subject to hydrolysis) is 1. The number of hydrogen-bond donors (Lipinski definition) is 1. The zero-order valence-electron chi connectivity index (χ0n) is 10.7. The lowest BCUT2D eigenvalue weighted by atomic mass is 9.92. The van der Waals surface area contributed by atoms with Crippen molar-refractivity contribution in [2.24, 2.45) is 0 Å². The largest absolute Gasteiger partial charge is 0.462 e. The Kier molecular flexibility index (Phi) is 4.78. The maximum atomic E-state index is 11.6. The molecule has 0 radical (unpaired) electrons. The van der Waals surface area contributed by atoms with Crippen LogP contribution in [0.25, 0.3) is 0 Å². The molecule has 0 saturated heterocycles. The topological polar surface area (TPSA) is 64.6 Å². The molecule has 1 aliphatic rings. The van der Waals surface area contributed by atoms with Crippen LogP contribution >= 0.6 is 0 Å². The van der Waals surface area contributed by atoms with E-state index in [1.165, 1.54) is 0 Å². The van der Waals surface area contributed by atoms with Crippen molar-refractivity contribution < 1.29 is 19.1 Å². The third-order valence-electron chi connectivity index (χ3n) is 2.64. The minimum absolute atomic E-state index is 0.135. The van der Waals surface area contributed by atoms with E-state index in [0.717, 1.165) is 25.7 Å². The molecular formula is C12H21NO4. The van der Waals surface area contributed by atoms with Crippen LogP contribution in [0.5, 0.6) is 0 Å². The van der Waals surface area contributed by atoms with E-state index in [1.807, 2.05) is 20.8 Å². The van der Waals surface area contributed by atoms with E-state index in [9.17, 15) is 9.59 Å². The molecule has 0 bridgehead atoms. The first-order chi connectivity index (χ1) is 7.92. The van der Waals surface area contributed by atoms with E-state index in [2.05, 4.69) is 5.32 Å². The third-order valence-corrected chi connectivity index (χ3v) is 2.64. The molecule has 2 atom stereocenters. The van der Waals surface area contributed by atoms with Gasteiger partial charge in [-0.25, -0.2) is 4.79 Å². The fraction of sp³-hybridized carbons (Fsp3) is 0.833. The molecule has 98 valence electrons. The van der Waals surface area contributed by atoms with E-state index in [4.69, 9.17) is 9.47 Å². The number of carbonyl (C=O) groups excluding carboxylic acids is 2. The number of carbonyl (C=O) groups is 2. The molecule has 5 heteroatoms. The molecule has 2 unspecified atom stereocenters. The molecule has 1 rings (SSSR count). The molecule has 0 spiro atoms. The quantitative estimate of drug-likeness (QED) is 0.770. The van der Waals surface area contributed by atoms with E-state index in [-0.39, 0.29) is 12.1 Å². The number of rotatable bonds is 3. The van der Waals surface area contributed by atoms with Gasteiger partial charge in [-0.3, -0.25) is 4.79 Å². The highest BCUT2D eigenvalue weighted by molar-refractivity contribution is 5.68. The number of ether oxygens (including phenoxy) is 2. The van der Waals surface area contributed by atoms with Crippen LogP contribution in [0.3, 0.4) is 0 Å². The van der Waals surface area contributed by atoms with Gasteiger partial charge in [0.1, 0.15) is 11.7 Å². The fourth-order valence-electron chi connectivity index (χ4n) is 1.96. The van der Waals surface area contributed by atoms with E-state index < -0.39 is 11.7 Å². The van der Waals surface area contributed by atoms with Crippen molar-refractivity contribution in [3.8, 4) is 0 Å². The van der Waals surface area contributed by atoms with E-state index in [0.29, 0.717) is 6.47 Å². The van der Waals surface area contributed by atoms with Crippen molar-refractivity contribution in [1.82, 2.24) is 5.32 Å². The summed E-state index contributed by atoms with van der Waals surface area (Å²) < 4.78 is 10.1. The standard InChI is InChI=1S/C12H21NO4/c1-12(2,3)17-11(15)13-9-6-4-5-7-10(9)16-8-14/h8-10H,4-7H2,1-3H3,(H,13,15). The Hall–Kier alpha value is -1.26. The van der Waals surface area contributed by atoms with Crippen molar-refractivity contribution >= 4 is 12.6 Å². The Morgan fingerprint density at radius 1 is 1.29 bits per heavy atom. The molecule has 5 nitrogen and oxygen atoms in total. The van der Waals surface area contributed by atoms with Crippen molar-refractivity contribution in [3.05, 3.63) is 0 Å². The van der Waals surface area contributed by atoms with Crippen LogP contribution in [-0.2, 0) is 14.3 Å². The molecule has 1 N–H and O–H groups in total. The highest BCUT2D eigenvalue weighted by Gasteiger charge is 2.29. The van der Waals surface area contributed by atoms with Gasteiger partial charge >= 0.3 is 6.09 Å². The summed E-state index contributed by atoms with van der Waals surface area (Å²) in [6, 6.07) is -0.135. The predicted octanol–water partition coefficient (Wildman–Crippen LogP) is 2.00. The Morgan fingerprint density at radius 2 is 1.94 bits per heavy atom. The summed E-state index contributed by atoms with van der Waals surface area (Å²) in [6.45, 7) is 5.88. The molecular weight excluding hydrogens is 222 g/mol. The van der Waals surface area contributed by atoms with Crippen molar-refractivity contribution in [1.29, 1.82) is 0 Å². The minimum Gasteiger partial charge on any atom is -0.462 e. The summed E-state index contributed by atoms with van der Waals surface area (Å²) in [7, 11) is 0. The van der Waals surface area contributed by atoms with Crippen molar-refractivity contribution in [2.75, 3.05) is 0 Å². The molecule has 17 heavy (non-hydrogen) atoms. The first-order valence-electron chi connectivity index (χ1n) is 6.01. The van der Waals surface area contributed by atoms with Gasteiger partial charge in [0.05, 0.1) is 6.04 Å². The Labute approximate surface area is 102 Å². The van der Waals surface area contributed by atoms with Crippen LogP contribution in [0.1, 0.15) is 46.5 Å². The van der Waals surface area contributed by atoms with Gasteiger partial charge in [0.15, 0.2) is 0 Å². The zero-order valence-corrected chi connectivity index (χ0v) is 10.7. The molecule has 1 amide bonds. The molecule has 0 aliphatic heterocycles. The van der Waals surface area contributed by atoms with E-state index in [1.54, 1.807) is 0 Å². The zero-order chi connectivity index (χ0) is 12.9. The highest BCUT2D eigenvalue weighted by Crippen LogP contribution is 2.21. The highest BCUT2D eigenvalue weighted by atomic mass is 16.6. The molecule has 1 fully saturated rings. The van der Waals surface area contributed by atoms with Gasteiger partial charge in [0.2, 0.25) is 0 Å². The van der Waals surface area contributed by atoms with E-state index >= 15 is 0 Å². The predicted molar refractivity (Wildman–Crippen MR) is 62.6 cm³/mol. The summed E-state index contributed by atoms with van der Waals surface area (Å²) in [6.07, 6.45) is 2.97. The maximum Gasteiger partial charge on any atom is 0.408 e. The van der Waals surface area contributed by atoms with Crippen LogP contribution in [-0.4, -0.2) is 30.3 Å². The third kappa shape index (κ3) is 5.06. The SMILES string of the molecule is CC(C)(C)OC(=O)NC1CCCCC1OC=O.